The van der Waals surface area contributed by atoms with Crippen molar-refractivity contribution in [1.29, 1.82) is 0 Å². The van der Waals surface area contributed by atoms with Crippen LogP contribution in [0.5, 0.6) is 5.75 Å². The molecule has 22 heavy (non-hydrogen) atoms. The molecule has 2 aromatic carbocycles. The van der Waals surface area contributed by atoms with Crippen LogP contribution in [0.25, 0.3) is 10.9 Å². The van der Waals surface area contributed by atoms with Crippen LogP contribution in [0, 0.1) is 6.92 Å². The van der Waals surface area contributed by atoms with Crippen LogP contribution >= 0.6 is 11.6 Å². The average molecular weight is 314 g/mol. The number of hydrogen-bond donors (Lipinski definition) is 1. The summed E-state index contributed by atoms with van der Waals surface area (Å²) in [5.41, 5.74) is 8.54. The highest BCUT2D eigenvalue weighted by Crippen LogP contribution is 2.22. The standard InChI is InChI=1S/C17H16ClN3O/c1-11-10-12(18)6-7-16(11)22-9-8-15-13-4-2-3-5-14(13)20-17(19)21-15/h2-7,10H,8-9H2,1H3,(H2,19,20,21). The van der Waals surface area contributed by atoms with Crippen LogP contribution in [0.15, 0.2) is 42.5 Å². The number of halogens is 1. The molecule has 1 heterocycles. The first-order valence-electron chi connectivity index (χ1n) is 7.03. The number of hydrogen-bond acceptors (Lipinski definition) is 4. The zero-order valence-electron chi connectivity index (χ0n) is 12.2. The van der Waals surface area contributed by atoms with Crippen molar-refractivity contribution >= 4 is 28.5 Å². The number of nitrogen functional groups attached to an aromatic ring is 1. The van der Waals surface area contributed by atoms with Gasteiger partial charge in [0.15, 0.2) is 0 Å². The number of nitrogens with two attached hydrogens (primary N) is 1. The van der Waals surface area contributed by atoms with E-state index in [0.29, 0.717) is 18.1 Å². The van der Waals surface area contributed by atoms with Crippen LogP contribution in [-0.4, -0.2) is 16.6 Å². The molecule has 0 unspecified atom stereocenters. The molecule has 0 fully saturated rings. The number of aryl methyl sites for hydroxylation is 1. The predicted molar refractivity (Wildman–Crippen MR) is 89.3 cm³/mol. The first kappa shape index (κ1) is 14.6. The van der Waals surface area contributed by atoms with Crippen LogP contribution < -0.4 is 10.5 Å². The van der Waals surface area contributed by atoms with Gasteiger partial charge in [-0.05, 0) is 36.8 Å². The lowest BCUT2D eigenvalue weighted by atomic mass is 10.1. The minimum Gasteiger partial charge on any atom is -0.493 e. The third-order valence-corrected chi connectivity index (χ3v) is 3.67. The Morgan fingerprint density at radius 3 is 2.77 bits per heavy atom. The molecular weight excluding hydrogens is 298 g/mol. The Balaban J connectivity index is 1.77. The van der Waals surface area contributed by atoms with Crippen molar-refractivity contribution in [2.75, 3.05) is 12.3 Å². The molecule has 112 valence electrons. The zero-order valence-corrected chi connectivity index (χ0v) is 13.0. The van der Waals surface area contributed by atoms with Gasteiger partial charge in [-0.2, -0.15) is 0 Å². The van der Waals surface area contributed by atoms with Gasteiger partial charge in [0.2, 0.25) is 5.95 Å². The number of rotatable bonds is 4. The van der Waals surface area contributed by atoms with E-state index in [9.17, 15) is 0 Å². The fourth-order valence-corrected chi connectivity index (χ4v) is 2.61. The highest BCUT2D eigenvalue weighted by Gasteiger charge is 2.07. The summed E-state index contributed by atoms with van der Waals surface area (Å²) in [5.74, 6) is 1.12. The number of benzene rings is 2. The lowest BCUT2D eigenvalue weighted by molar-refractivity contribution is 0.319. The maximum atomic E-state index is 5.94. The third-order valence-electron chi connectivity index (χ3n) is 3.43. The van der Waals surface area contributed by atoms with E-state index < -0.39 is 0 Å². The van der Waals surface area contributed by atoms with Gasteiger partial charge in [-0.25, -0.2) is 9.97 Å². The largest absolute Gasteiger partial charge is 0.493 e. The molecule has 0 radical (unpaired) electrons. The van der Waals surface area contributed by atoms with Crippen molar-refractivity contribution in [2.45, 2.75) is 13.3 Å². The second-order valence-electron chi connectivity index (χ2n) is 5.05. The molecule has 2 N–H and O–H groups in total. The molecule has 0 aliphatic carbocycles. The first-order valence-corrected chi connectivity index (χ1v) is 7.41. The monoisotopic (exact) mass is 313 g/mol. The quantitative estimate of drug-likeness (QED) is 0.796. The van der Waals surface area contributed by atoms with Gasteiger partial charge in [-0.1, -0.05) is 29.8 Å². The van der Waals surface area contributed by atoms with E-state index in [-0.39, 0.29) is 5.95 Å². The second kappa shape index (κ2) is 6.20. The Morgan fingerprint density at radius 1 is 1.14 bits per heavy atom. The highest BCUT2D eigenvalue weighted by atomic mass is 35.5. The summed E-state index contributed by atoms with van der Waals surface area (Å²) in [5, 5.41) is 1.72. The van der Waals surface area contributed by atoms with E-state index >= 15 is 0 Å². The number of anilines is 1. The minimum atomic E-state index is 0.288. The predicted octanol–water partition coefficient (Wildman–Crippen LogP) is 3.80. The summed E-state index contributed by atoms with van der Waals surface area (Å²) in [6.07, 6.45) is 0.662. The van der Waals surface area contributed by atoms with E-state index in [4.69, 9.17) is 22.1 Å². The highest BCUT2D eigenvalue weighted by molar-refractivity contribution is 6.30. The molecule has 3 aromatic rings. The Hall–Kier alpha value is -2.33. The molecule has 0 saturated carbocycles. The van der Waals surface area contributed by atoms with Gasteiger partial charge in [0.05, 0.1) is 17.8 Å². The molecule has 1 aromatic heterocycles. The molecule has 0 aliphatic heterocycles. The van der Waals surface area contributed by atoms with E-state index in [1.807, 2.05) is 49.4 Å². The molecule has 0 bridgehead atoms. The molecule has 0 spiro atoms. The van der Waals surface area contributed by atoms with Crippen LogP contribution in [0.4, 0.5) is 5.95 Å². The van der Waals surface area contributed by atoms with Gasteiger partial charge in [-0.15, -0.1) is 0 Å². The Kier molecular flexibility index (Phi) is 4.11. The van der Waals surface area contributed by atoms with Gasteiger partial charge >= 0.3 is 0 Å². The zero-order chi connectivity index (χ0) is 15.5. The van der Waals surface area contributed by atoms with Gasteiger partial charge in [0, 0.05) is 16.8 Å². The minimum absolute atomic E-state index is 0.288. The molecule has 0 amide bonds. The van der Waals surface area contributed by atoms with Gasteiger partial charge in [0.1, 0.15) is 5.75 Å². The number of nitrogens with zero attached hydrogens (tertiary/aromatic N) is 2. The summed E-state index contributed by atoms with van der Waals surface area (Å²) in [7, 11) is 0. The van der Waals surface area contributed by atoms with E-state index in [1.54, 1.807) is 0 Å². The van der Waals surface area contributed by atoms with Gasteiger partial charge in [0.25, 0.3) is 0 Å². The van der Waals surface area contributed by atoms with Crippen molar-refractivity contribution in [3.8, 4) is 5.75 Å². The Morgan fingerprint density at radius 2 is 1.95 bits per heavy atom. The van der Waals surface area contributed by atoms with Crippen LogP contribution in [0.2, 0.25) is 5.02 Å². The van der Waals surface area contributed by atoms with Crippen LogP contribution in [-0.2, 0) is 6.42 Å². The summed E-state index contributed by atoms with van der Waals surface area (Å²) < 4.78 is 5.82. The molecule has 4 nitrogen and oxygen atoms in total. The van der Waals surface area contributed by atoms with E-state index in [0.717, 1.165) is 27.9 Å². The first-order chi connectivity index (χ1) is 10.6. The second-order valence-corrected chi connectivity index (χ2v) is 5.49. The number of fused-ring (bicyclic) bond motifs is 1. The average Bonchev–Trinajstić information content (AvgIpc) is 2.49. The van der Waals surface area contributed by atoms with Crippen molar-refractivity contribution < 1.29 is 4.74 Å². The number of ether oxygens (including phenoxy) is 1. The topological polar surface area (TPSA) is 61.0 Å². The lowest BCUT2D eigenvalue weighted by Gasteiger charge is -2.10. The molecule has 0 aliphatic rings. The van der Waals surface area contributed by atoms with E-state index in [1.165, 1.54) is 0 Å². The number of aromatic nitrogens is 2. The normalized spacial score (nSPS) is 10.8. The maximum Gasteiger partial charge on any atom is 0.220 e. The van der Waals surface area contributed by atoms with Crippen LogP contribution in [0.3, 0.4) is 0 Å². The third kappa shape index (κ3) is 3.12. The molecule has 0 saturated heterocycles. The van der Waals surface area contributed by atoms with Gasteiger partial charge < -0.3 is 10.5 Å². The lowest BCUT2D eigenvalue weighted by Crippen LogP contribution is -2.07. The SMILES string of the molecule is Cc1cc(Cl)ccc1OCCc1nc(N)nc2ccccc12. The van der Waals surface area contributed by atoms with Crippen LogP contribution in [0.1, 0.15) is 11.3 Å². The van der Waals surface area contributed by atoms with Crippen molar-refractivity contribution in [1.82, 2.24) is 9.97 Å². The Bertz CT molecular complexity index is 820. The fraction of sp³-hybridized carbons (Fsp3) is 0.176. The maximum absolute atomic E-state index is 5.94. The molecule has 0 atom stereocenters. The molecular formula is C17H16ClN3O. The fourth-order valence-electron chi connectivity index (χ4n) is 2.39. The van der Waals surface area contributed by atoms with Crippen molar-refractivity contribution in [3.05, 3.63) is 58.7 Å². The van der Waals surface area contributed by atoms with E-state index in [2.05, 4.69) is 9.97 Å². The summed E-state index contributed by atoms with van der Waals surface area (Å²) >= 11 is 5.94. The Labute approximate surface area is 133 Å². The smallest absolute Gasteiger partial charge is 0.220 e. The van der Waals surface area contributed by atoms with Crippen molar-refractivity contribution in [3.63, 3.8) is 0 Å². The van der Waals surface area contributed by atoms with Gasteiger partial charge in [-0.3, -0.25) is 0 Å². The molecule has 3 rings (SSSR count). The summed E-state index contributed by atoms with van der Waals surface area (Å²) in [6.45, 7) is 2.49. The summed E-state index contributed by atoms with van der Waals surface area (Å²) in [6, 6.07) is 13.4. The summed E-state index contributed by atoms with van der Waals surface area (Å²) in [4.78, 5) is 8.57. The number of para-hydroxylation sites is 1. The van der Waals surface area contributed by atoms with Crippen molar-refractivity contribution in [2.24, 2.45) is 0 Å². The molecule has 5 heteroatoms.